The van der Waals surface area contributed by atoms with Gasteiger partial charge in [0, 0.05) is 32.2 Å². The van der Waals surface area contributed by atoms with Crippen LogP contribution in [0.5, 0.6) is 0 Å². The number of piperazine rings is 1. The molecule has 1 aliphatic heterocycles. The lowest BCUT2D eigenvalue weighted by atomic mass is 9.92. The van der Waals surface area contributed by atoms with E-state index in [1.807, 2.05) is 0 Å². The van der Waals surface area contributed by atoms with Gasteiger partial charge in [-0.3, -0.25) is 0 Å². The van der Waals surface area contributed by atoms with Crippen molar-refractivity contribution in [1.82, 2.24) is 15.1 Å². The van der Waals surface area contributed by atoms with Crippen molar-refractivity contribution in [2.45, 2.75) is 60.4 Å². The van der Waals surface area contributed by atoms with Gasteiger partial charge in [-0.1, -0.05) is 34.6 Å². The van der Waals surface area contributed by atoms with Crippen LogP contribution in [-0.4, -0.2) is 61.7 Å². The van der Waals surface area contributed by atoms with Crippen LogP contribution >= 0.6 is 0 Å². The topological polar surface area (TPSA) is 18.5 Å². The molecule has 1 atom stereocenters. The molecule has 0 aromatic carbocycles. The summed E-state index contributed by atoms with van der Waals surface area (Å²) >= 11 is 0. The quantitative estimate of drug-likeness (QED) is 0.695. The third kappa shape index (κ3) is 8.80. The van der Waals surface area contributed by atoms with E-state index in [0.29, 0.717) is 11.5 Å². The lowest BCUT2D eigenvalue weighted by Crippen LogP contribution is -2.47. The normalized spacial score (nSPS) is 20.1. The molecular formula is C18H39N3. The van der Waals surface area contributed by atoms with Crippen molar-refractivity contribution in [3.05, 3.63) is 0 Å². The summed E-state index contributed by atoms with van der Waals surface area (Å²) in [5.74, 6) is 0.733. The fraction of sp³-hybridized carbons (Fsp3) is 1.00. The van der Waals surface area contributed by atoms with Crippen molar-refractivity contribution in [3.8, 4) is 0 Å². The monoisotopic (exact) mass is 297 g/mol. The second-order valence-corrected chi connectivity index (χ2v) is 8.33. The lowest BCUT2D eigenvalue weighted by molar-refractivity contribution is 0.120. The van der Waals surface area contributed by atoms with Gasteiger partial charge in [0.1, 0.15) is 0 Å². The predicted octanol–water partition coefficient (Wildman–Crippen LogP) is 3.06. The van der Waals surface area contributed by atoms with E-state index in [2.05, 4.69) is 56.7 Å². The standard InChI is InChI=1S/C18H39N3/c1-16(2)17(3)19-9-7-10-20-12-14-21(15-13-20)11-8-18(4,5)6/h16-17,19H,7-15H2,1-6H3/t17-/m0/s1. The summed E-state index contributed by atoms with van der Waals surface area (Å²) in [4.78, 5) is 5.27. The molecule has 3 nitrogen and oxygen atoms in total. The van der Waals surface area contributed by atoms with Gasteiger partial charge in [-0.2, -0.15) is 0 Å². The van der Waals surface area contributed by atoms with Crippen LogP contribution in [0.3, 0.4) is 0 Å². The Labute approximate surface area is 133 Å². The molecule has 1 N–H and O–H groups in total. The first-order chi connectivity index (χ1) is 9.78. The zero-order valence-electron chi connectivity index (χ0n) is 15.4. The largest absolute Gasteiger partial charge is 0.314 e. The smallest absolute Gasteiger partial charge is 0.0110 e. The van der Waals surface area contributed by atoms with Crippen LogP contribution in [0.25, 0.3) is 0 Å². The second kappa shape index (κ2) is 9.12. The Kier molecular flexibility index (Phi) is 8.22. The molecule has 0 aromatic rings. The van der Waals surface area contributed by atoms with Gasteiger partial charge in [-0.05, 0) is 50.7 Å². The molecule has 0 spiro atoms. The minimum Gasteiger partial charge on any atom is -0.314 e. The Morgan fingerprint density at radius 3 is 1.90 bits per heavy atom. The predicted molar refractivity (Wildman–Crippen MR) is 93.9 cm³/mol. The first kappa shape index (κ1) is 18.9. The van der Waals surface area contributed by atoms with Gasteiger partial charge < -0.3 is 15.1 Å². The van der Waals surface area contributed by atoms with Crippen molar-refractivity contribution in [2.24, 2.45) is 11.3 Å². The van der Waals surface area contributed by atoms with Crippen LogP contribution in [0.1, 0.15) is 54.4 Å². The van der Waals surface area contributed by atoms with Crippen LogP contribution in [-0.2, 0) is 0 Å². The Morgan fingerprint density at radius 1 is 0.905 bits per heavy atom. The van der Waals surface area contributed by atoms with Crippen molar-refractivity contribution in [2.75, 3.05) is 45.8 Å². The maximum absolute atomic E-state index is 3.63. The van der Waals surface area contributed by atoms with Gasteiger partial charge in [-0.15, -0.1) is 0 Å². The molecule has 3 heteroatoms. The maximum Gasteiger partial charge on any atom is 0.0110 e. The summed E-state index contributed by atoms with van der Waals surface area (Å²) in [5.41, 5.74) is 0.468. The fourth-order valence-corrected chi connectivity index (χ4v) is 2.60. The Bertz CT molecular complexity index is 262. The molecule has 1 heterocycles. The first-order valence-corrected chi connectivity index (χ1v) is 8.96. The molecule has 1 fully saturated rings. The van der Waals surface area contributed by atoms with E-state index in [9.17, 15) is 0 Å². The van der Waals surface area contributed by atoms with Gasteiger partial charge in [0.15, 0.2) is 0 Å². The van der Waals surface area contributed by atoms with Crippen molar-refractivity contribution in [3.63, 3.8) is 0 Å². The SMILES string of the molecule is CC(C)[C@H](C)NCCCN1CCN(CCC(C)(C)C)CC1. The van der Waals surface area contributed by atoms with Crippen molar-refractivity contribution < 1.29 is 0 Å². The molecule has 1 aliphatic rings. The van der Waals surface area contributed by atoms with Crippen LogP contribution in [0.2, 0.25) is 0 Å². The van der Waals surface area contributed by atoms with E-state index in [0.717, 1.165) is 12.5 Å². The van der Waals surface area contributed by atoms with E-state index in [-0.39, 0.29) is 0 Å². The third-order valence-electron chi connectivity index (χ3n) is 4.76. The van der Waals surface area contributed by atoms with E-state index in [1.54, 1.807) is 0 Å². The minimum absolute atomic E-state index is 0.468. The van der Waals surface area contributed by atoms with Crippen LogP contribution in [0.15, 0.2) is 0 Å². The number of nitrogens with zero attached hydrogens (tertiary/aromatic N) is 2. The molecule has 126 valence electrons. The molecule has 1 rings (SSSR count). The average molecular weight is 298 g/mol. The number of hydrogen-bond donors (Lipinski definition) is 1. The van der Waals surface area contributed by atoms with E-state index in [4.69, 9.17) is 0 Å². The summed E-state index contributed by atoms with van der Waals surface area (Å²) in [6, 6.07) is 0.638. The van der Waals surface area contributed by atoms with Crippen LogP contribution < -0.4 is 5.32 Å². The van der Waals surface area contributed by atoms with Gasteiger partial charge in [0.05, 0.1) is 0 Å². The summed E-state index contributed by atoms with van der Waals surface area (Å²) in [6.07, 6.45) is 2.59. The highest BCUT2D eigenvalue weighted by Crippen LogP contribution is 2.19. The highest BCUT2D eigenvalue weighted by Gasteiger charge is 2.18. The van der Waals surface area contributed by atoms with Gasteiger partial charge in [0.2, 0.25) is 0 Å². The first-order valence-electron chi connectivity index (χ1n) is 8.96. The fourth-order valence-electron chi connectivity index (χ4n) is 2.60. The summed E-state index contributed by atoms with van der Waals surface area (Å²) in [6.45, 7) is 22.6. The van der Waals surface area contributed by atoms with Gasteiger partial charge in [0.25, 0.3) is 0 Å². The molecule has 1 saturated heterocycles. The Morgan fingerprint density at radius 2 is 1.43 bits per heavy atom. The molecule has 0 unspecified atom stereocenters. The van der Waals surface area contributed by atoms with Crippen LogP contribution in [0.4, 0.5) is 0 Å². The molecular weight excluding hydrogens is 258 g/mol. The molecule has 21 heavy (non-hydrogen) atoms. The van der Waals surface area contributed by atoms with Crippen molar-refractivity contribution in [1.29, 1.82) is 0 Å². The van der Waals surface area contributed by atoms with Crippen molar-refractivity contribution >= 4 is 0 Å². The van der Waals surface area contributed by atoms with Gasteiger partial charge in [-0.25, -0.2) is 0 Å². The second-order valence-electron chi connectivity index (χ2n) is 8.33. The molecule has 0 aromatic heterocycles. The van der Waals surface area contributed by atoms with Gasteiger partial charge >= 0.3 is 0 Å². The minimum atomic E-state index is 0.468. The average Bonchev–Trinajstić information content (AvgIpc) is 2.41. The lowest BCUT2D eigenvalue weighted by Gasteiger charge is -2.36. The number of nitrogens with one attached hydrogen (secondary N) is 1. The Hall–Kier alpha value is -0.120. The van der Waals surface area contributed by atoms with E-state index in [1.165, 1.54) is 52.1 Å². The summed E-state index contributed by atoms with van der Waals surface area (Å²) in [7, 11) is 0. The Balaban J connectivity index is 2.05. The molecule has 0 radical (unpaired) electrons. The van der Waals surface area contributed by atoms with Crippen LogP contribution in [0, 0.1) is 11.3 Å². The highest BCUT2D eigenvalue weighted by molar-refractivity contribution is 4.74. The van der Waals surface area contributed by atoms with E-state index >= 15 is 0 Å². The summed E-state index contributed by atoms with van der Waals surface area (Å²) in [5, 5.41) is 3.63. The molecule has 0 amide bonds. The third-order valence-corrected chi connectivity index (χ3v) is 4.76. The number of rotatable bonds is 8. The number of hydrogen-bond acceptors (Lipinski definition) is 3. The molecule has 0 bridgehead atoms. The zero-order chi connectivity index (χ0) is 15.9. The summed E-state index contributed by atoms with van der Waals surface area (Å²) < 4.78 is 0. The maximum atomic E-state index is 3.63. The zero-order valence-corrected chi connectivity index (χ0v) is 15.4. The molecule has 0 saturated carbocycles. The van der Waals surface area contributed by atoms with E-state index < -0.39 is 0 Å². The molecule has 0 aliphatic carbocycles. The highest BCUT2D eigenvalue weighted by atomic mass is 15.3.